The number of para-hydroxylation sites is 1. The van der Waals surface area contributed by atoms with E-state index in [1.165, 1.54) is 16.2 Å². The molecule has 4 aromatic rings. The minimum absolute atomic E-state index is 1.07. The minimum atomic E-state index is 1.07. The van der Waals surface area contributed by atoms with Gasteiger partial charge in [-0.15, -0.1) is 0 Å². The van der Waals surface area contributed by atoms with Crippen LogP contribution >= 0.6 is 0 Å². The van der Waals surface area contributed by atoms with Gasteiger partial charge < -0.3 is 0 Å². The van der Waals surface area contributed by atoms with Crippen LogP contribution in [-0.4, -0.2) is 9.97 Å². The molecule has 2 nitrogen and oxygen atoms in total. The molecule has 0 amide bonds. The van der Waals surface area contributed by atoms with E-state index in [0.29, 0.717) is 0 Å². The molecule has 108 valence electrons. The number of rotatable bonds is 0. The van der Waals surface area contributed by atoms with Crippen LogP contribution in [0.4, 0.5) is 0 Å². The molecular weight excluding hydrogens is 268 g/mol. The third-order valence-electron chi connectivity index (χ3n) is 3.61. The van der Waals surface area contributed by atoms with E-state index in [2.05, 4.69) is 34.2 Å². The number of pyridine rings is 2. The molecule has 0 aliphatic carbocycles. The van der Waals surface area contributed by atoms with Gasteiger partial charge in [0.05, 0.1) is 5.52 Å². The monoisotopic (exact) mass is 286 g/mol. The van der Waals surface area contributed by atoms with Gasteiger partial charge in [0.15, 0.2) is 0 Å². The van der Waals surface area contributed by atoms with Gasteiger partial charge in [-0.25, -0.2) is 0 Å². The number of aryl methyl sites for hydroxylation is 2. The van der Waals surface area contributed by atoms with Gasteiger partial charge in [0, 0.05) is 28.4 Å². The first kappa shape index (κ1) is 14.2. The summed E-state index contributed by atoms with van der Waals surface area (Å²) in [6.07, 6.45) is 1.84. The normalized spacial score (nSPS) is 10.3. The van der Waals surface area contributed by atoms with Crippen molar-refractivity contribution in [2.75, 3.05) is 0 Å². The fraction of sp³-hybridized carbons (Fsp3) is 0.100. The lowest BCUT2D eigenvalue weighted by molar-refractivity contribution is 1.24. The van der Waals surface area contributed by atoms with E-state index < -0.39 is 0 Å². The average molecular weight is 286 g/mol. The molecular formula is C20H18N2. The van der Waals surface area contributed by atoms with Crippen molar-refractivity contribution in [3.8, 4) is 0 Å². The van der Waals surface area contributed by atoms with E-state index >= 15 is 0 Å². The van der Waals surface area contributed by atoms with Gasteiger partial charge in [0.1, 0.15) is 0 Å². The Hall–Kier alpha value is -2.74. The van der Waals surface area contributed by atoms with E-state index in [1.807, 2.05) is 62.5 Å². The molecule has 0 aliphatic rings. The lowest BCUT2D eigenvalue weighted by atomic mass is 10.1. The highest BCUT2D eigenvalue weighted by atomic mass is 14.7. The van der Waals surface area contributed by atoms with Gasteiger partial charge in [0.2, 0.25) is 0 Å². The van der Waals surface area contributed by atoms with Crippen LogP contribution in [0.3, 0.4) is 0 Å². The third-order valence-corrected chi connectivity index (χ3v) is 3.61. The molecule has 0 saturated carbocycles. The van der Waals surface area contributed by atoms with Gasteiger partial charge in [-0.05, 0) is 37.4 Å². The molecule has 0 atom stereocenters. The van der Waals surface area contributed by atoms with Gasteiger partial charge in [-0.1, -0.05) is 48.5 Å². The first-order chi connectivity index (χ1) is 10.7. The van der Waals surface area contributed by atoms with Gasteiger partial charge in [-0.3, -0.25) is 9.97 Å². The minimum Gasteiger partial charge on any atom is -0.261 e. The molecule has 0 N–H and O–H groups in total. The number of aromatic nitrogens is 2. The maximum atomic E-state index is 4.38. The van der Waals surface area contributed by atoms with Crippen LogP contribution in [0.1, 0.15) is 11.4 Å². The highest BCUT2D eigenvalue weighted by Crippen LogP contribution is 2.14. The predicted molar refractivity (Wildman–Crippen MR) is 93.0 cm³/mol. The lowest BCUT2D eigenvalue weighted by Gasteiger charge is -1.97. The van der Waals surface area contributed by atoms with Gasteiger partial charge in [-0.2, -0.15) is 0 Å². The quantitative estimate of drug-likeness (QED) is 0.450. The smallest absolute Gasteiger partial charge is 0.0705 e. The van der Waals surface area contributed by atoms with E-state index in [1.54, 1.807) is 0 Å². The fourth-order valence-electron chi connectivity index (χ4n) is 2.44. The van der Waals surface area contributed by atoms with E-state index in [-0.39, 0.29) is 0 Å². The second-order valence-electron chi connectivity index (χ2n) is 5.26. The Morgan fingerprint density at radius 1 is 0.682 bits per heavy atom. The van der Waals surface area contributed by atoms with Crippen LogP contribution in [0, 0.1) is 13.8 Å². The lowest BCUT2D eigenvalue weighted by Crippen LogP contribution is -1.80. The van der Waals surface area contributed by atoms with E-state index in [4.69, 9.17) is 0 Å². The summed E-state index contributed by atoms with van der Waals surface area (Å²) < 4.78 is 0. The molecule has 2 heteroatoms. The van der Waals surface area contributed by atoms with Crippen LogP contribution in [0.15, 0.2) is 72.9 Å². The molecule has 0 radical (unpaired) electrons. The highest BCUT2D eigenvalue weighted by Gasteiger charge is 1.93. The Bertz CT molecular complexity index is 902. The number of nitrogens with zero attached hydrogens (tertiary/aromatic N) is 2. The van der Waals surface area contributed by atoms with Crippen molar-refractivity contribution in [2.45, 2.75) is 13.8 Å². The molecule has 0 unspecified atom stereocenters. The standard InChI is InChI=1S/2C10H9N/c1-8-10-5-3-2-4-9(10)6-7-11-8;1-8-6-7-9-4-2-3-5-10(9)11-8/h2*2-7H,1H3. The maximum Gasteiger partial charge on any atom is 0.0705 e. The molecule has 4 rings (SSSR count). The second kappa shape index (κ2) is 6.35. The summed E-state index contributed by atoms with van der Waals surface area (Å²) in [6.45, 7) is 4.04. The summed E-state index contributed by atoms with van der Waals surface area (Å²) in [4.78, 5) is 8.58. The van der Waals surface area contributed by atoms with Gasteiger partial charge >= 0.3 is 0 Å². The maximum absolute atomic E-state index is 4.38. The molecule has 2 aromatic carbocycles. The average Bonchev–Trinajstić information content (AvgIpc) is 2.56. The molecule has 22 heavy (non-hydrogen) atoms. The Morgan fingerprint density at radius 3 is 2.23 bits per heavy atom. The zero-order valence-electron chi connectivity index (χ0n) is 12.8. The van der Waals surface area contributed by atoms with Crippen molar-refractivity contribution < 1.29 is 0 Å². The zero-order valence-corrected chi connectivity index (χ0v) is 12.8. The summed E-state index contributed by atoms with van der Waals surface area (Å²) in [5, 5.41) is 3.72. The fourth-order valence-corrected chi connectivity index (χ4v) is 2.44. The van der Waals surface area contributed by atoms with Crippen LogP contribution in [0.2, 0.25) is 0 Å². The van der Waals surface area contributed by atoms with Crippen LogP contribution < -0.4 is 0 Å². The van der Waals surface area contributed by atoms with E-state index in [0.717, 1.165) is 16.9 Å². The van der Waals surface area contributed by atoms with E-state index in [9.17, 15) is 0 Å². The van der Waals surface area contributed by atoms with Crippen molar-refractivity contribution in [3.05, 3.63) is 84.3 Å². The number of benzene rings is 2. The Kier molecular flexibility index (Phi) is 4.10. The highest BCUT2D eigenvalue weighted by molar-refractivity contribution is 5.83. The first-order valence-electron chi connectivity index (χ1n) is 7.37. The summed E-state index contributed by atoms with van der Waals surface area (Å²) in [6, 6.07) is 22.6. The van der Waals surface area contributed by atoms with Gasteiger partial charge in [0.25, 0.3) is 0 Å². The predicted octanol–water partition coefficient (Wildman–Crippen LogP) is 5.09. The van der Waals surface area contributed by atoms with Crippen LogP contribution in [-0.2, 0) is 0 Å². The van der Waals surface area contributed by atoms with Crippen molar-refractivity contribution in [1.82, 2.24) is 9.97 Å². The number of fused-ring (bicyclic) bond motifs is 2. The summed E-state index contributed by atoms with van der Waals surface area (Å²) in [5.41, 5.74) is 3.25. The number of hydrogen-bond acceptors (Lipinski definition) is 2. The van der Waals surface area contributed by atoms with Crippen molar-refractivity contribution in [2.24, 2.45) is 0 Å². The van der Waals surface area contributed by atoms with Crippen LogP contribution in [0.25, 0.3) is 21.7 Å². The topological polar surface area (TPSA) is 25.8 Å². The van der Waals surface area contributed by atoms with Crippen molar-refractivity contribution in [3.63, 3.8) is 0 Å². The van der Waals surface area contributed by atoms with Crippen molar-refractivity contribution >= 4 is 21.7 Å². The first-order valence-corrected chi connectivity index (χ1v) is 7.37. The molecule has 0 spiro atoms. The van der Waals surface area contributed by atoms with Crippen LogP contribution in [0.5, 0.6) is 0 Å². The Morgan fingerprint density at radius 2 is 1.41 bits per heavy atom. The molecule has 0 bridgehead atoms. The summed E-state index contributed by atoms with van der Waals surface area (Å²) in [7, 11) is 0. The summed E-state index contributed by atoms with van der Waals surface area (Å²) >= 11 is 0. The number of hydrogen-bond donors (Lipinski definition) is 0. The Balaban J connectivity index is 0.000000131. The molecule has 0 saturated heterocycles. The SMILES string of the molecule is Cc1ccc2ccccc2n1.Cc1nccc2ccccc12. The molecule has 2 aromatic heterocycles. The molecule has 2 heterocycles. The largest absolute Gasteiger partial charge is 0.261 e. The third kappa shape index (κ3) is 3.12. The zero-order chi connectivity index (χ0) is 15.4. The molecule has 0 fully saturated rings. The summed E-state index contributed by atoms with van der Waals surface area (Å²) in [5.74, 6) is 0. The molecule has 0 aliphatic heterocycles. The second-order valence-corrected chi connectivity index (χ2v) is 5.26. The Labute approximate surface area is 130 Å². The van der Waals surface area contributed by atoms with Crippen molar-refractivity contribution in [1.29, 1.82) is 0 Å².